The van der Waals surface area contributed by atoms with E-state index in [4.69, 9.17) is 14.7 Å². The maximum Gasteiger partial charge on any atom is 0.227 e. The van der Waals surface area contributed by atoms with Crippen LogP contribution in [-0.4, -0.2) is 48.3 Å². The van der Waals surface area contributed by atoms with Gasteiger partial charge in [-0.3, -0.25) is 4.98 Å². The number of hydrogen-bond donors (Lipinski definition) is 1. The van der Waals surface area contributed by atoms with Crippen molar-refractivity contribution in [3.8, 4) is 0 Å². The highest BCUT2D eigenvalue weighted by molar-refractivity contribution is 5.53. The van der Waals surface area contributed by atoms with Gasteiger partial charge in [-0.05, 0) is 49.8 Å². The molecule has 26 heavy (non-hydrogen) atoms. The topological polar surface area (TPSA) is 63.2 Å². The lowest BCUT2D eigenvalue weighted by atomic mass is 9.93. The second-order valence-corrected chi connectivity index (χ2v) is 7.51. The molecule has 138 valence electrons. The highest BCUT2D eigenvalue weighted by Gasteiger charge is 2.30. The monoisotopic (exact) mass is 353 g/mol. The minimum atomic E-state index is 0.277. The molecule has 1 aliphatic carbocycles. The van der Waals surface area contributed by atoms with Gasteiger partial charge in [0.2, 0.25) is 5.95 Å². The first-order valence-electron chi connectivity index (χ1n) is 9.51. The molecule has 1 aliphatic heterocycles. The van der Waals surface area contributed by atoms with Crippen LogP contribution in [-0.2, 0) is 24.0 Å². The maximum atomic E-state index is 5.80. The normalized spacial score (nSPS) is 22.1. The summed E-state index contributed by atoms with van der Waals surface area (Å²) in [5.74, 6) is 2.24. The summed E-state index contributed by atoms with van der Waals surface area (Å²) < 4.78 is 5.80. The van der Waals surface area contributed by atoms with Crippen LogP contribution in [0.5, 0.6) is 0 Å². The summed E-state index contributed by atoms with van der Waals surface area (Å²) in [6.45, 7) is 1.51. The quantitative estimate of drug-likeness (QED) is 0.891. The largest absolute Gasteiger partial charge is 0.379 e. The fourth-order valence-corrected chi connectivity index (χ4v) is 3.86. The molecule has 2 aliphatic rings. The first-order valence-corrected chi connectivity index (χ1v) is 9.51. The van der Waals surface area contributed by atoms with Gasteiger partial charge >= 0.3 is 0 Å². The van der Waals surface area contributed by atoms with Crippen molar-refractivity contribution in [2.24, 2.45) is 5.92 Å². The van der Waals surface area contributed by atoms with E-state index in [1.54, 1.807) is 0 Å². The highest BCUT2D eigenvalue weighted by atomic mass is 16.5. The van der Waals surface area contributed by atoms with E-state index in [1.165, 1.54) is 29.7 Å². The number of aromatic nitrogens is 3. The van der Waals surface area contributed by atoms with Crippen LogP contribution in [0.2, 0.25) is 0 Å². The van der Waals surface area contributed by atoms with Crippen molar-refractivity contribution in [1.82, 2.24) is 15.0 Å². The fraction of sp³-hybridized carbons (Fsp3) is 0.550. The lowest BCUT2D eigenvalue weighted by Gasteiger charge is -2.25. The van der Waals surface area contributed by atoms with Crippen LogP contribution in [0, 0.1) is 5.92 Å². The SMILES string of the molecule is CN(C)c1nc2c(c(N[C@H]3COC[C@H]3Cc3ccncc3)n1)CCCC2. The Balaban J connectivity index is 1.56. The number of pyridine rings is 1. The highest BCUT2D eigenvalue weighted by Crippen LogP contribution is 2.30. The van der Waals surface area contributed by atoms with E-state index in [2.05, 4.69) is 22.4 Å². The Hall–Kier alpha value is -2.21. The fourth-order valence-electron chi connectivity index (χ4n) is 3.86. The zero-order valence-electron chi connectivity index (χ0n) is 15.6. The van der Waals surface area contributed by atoms with E-state index in [0.717, 1.165) is 44.2 Å². The zero-order chi connectivity index (χ0) is 17.9. The number of hydrogen-bond acceptors (Lipinski definition) is 6. The molecule has 0 saturated carbocycles. The molecule has 0 aromatic carbocycles. The molecule has 2 aromatic heterocycles. The van der Waals surface area contributed by atoms with Crippen molar-refractivity contribution in [2.75, 3.05) is 37.5 Å². The summed E-state index contributed by atoms with van der Waals surface area (Å²) in [6, 6.07) is 4.46. The number of ether oxygens (including phenoxy) is 1. The van der Waals surface area contributed by atoms with Crippen molar-refractivity contribution < 1.29 is 4.74 Å². The zero-order valence-corrected chi connectivity index (χ0v) is 15.6. The number of anilines is 2. The summed E-state index contributed by atoms with van der Waals surface area (Å²) in [5, 5.41) is 3.72. The third-order valence-corrected chi connectivity index (χ3v) is 5.34. The molecule has 0 bridgehead atoms. The van der Waals surface area contributed by atoms with Crippen molar-refractivity contribution in [1.29, 1.82) is 0 Å². The summed E-state index contributed by atoms with van der Waals surface area (Å²) in [5.41, 5.74) is 3.82. The molecule has 3 heterocycles. The van der Waals surface area contributed by atoms with Gasteiger partial charge in [-0.1, -0.05) is 0 Å². The Kier molecular flexibility index (Phi) is 5.02. The Bertz CT molecular complexity index is 749. The summed E-state index contributed by atoms with van der Waals surface area (Å²) >= 11 is 0. The van der Waals surface area contributed by atoms with Gasteiger partial charge in [-0.2, -0.15) is 4.98 Å². The van der Waals surface area contributed by atoms with Crippen LogP contribution in [0.25, 0.3) is 0 Å². The predicted molar refractivity (Wildman–Crippen MR) is 103 cm³/mol. The average molecular weight is 353 g/mol. The van der Waals surface area contributed by atoms with E-state index in [-0.39, 0.29) is 6.04 Å². The van der Waals surface area contributed by atoms with Crippen molar-refractivity contribution in [3.05, 3.63) is 41.3 Å². The molecular weight excluding hydrogens is 326 g/mol. The number of aryl methyl sites for hydroxylation is 1. The molecule has 4 rings (SSSR count). The standard InChI is InChI=1S/C20H27N5O/c1-25(2)20-23-17-6-4-3-5-16(17)19(24-20)22-18-13-26-12-15(18)11-14-7-9-21-10-8-14/h7-10,15,18H,3-6,11-13H2,1-2H3,(H,22,23,24)/t15-,18+/m1/s1. The second kappa shape index (κ2) is 7.58. The average Bonchev–Trinajstić information content (AvgIpc) is 3.09. The second-order valence-electron chi connectivity index (χ2n) is 7.51. The first kappa shape index (κ1) is 17.2. The van der Waals surface area contributed by atoms with E-state index in [1.807, 2.05) is 31.4 Å². The Morgan fingerprint density at radius 1 is 1.12 bits per heavy atom. The van der Waals surface area contributed by atoms with Crippen molar-refractivity contribution in [2.45, 2.75) is 38.1 Å². The maximum absolute atomic E-state index is 5.80. The minimum Gasteiger partial charge on any atom is -0.379 e. The minimum absolute atomic E-state index is 0.277. The molecule has 1 N–H and O–H groups in total. The van der Waals surface area contributed by atoms with Gasteiger partial charge in [0.1, 0.15) is 5.82 Å². The van der Waals surface area contributed by atoms with Crippen LogP contribution in [0.4, 0.5) is 11.8 Å². The molecule has 0 amide bonds. The first-order chi connectivity index (χ1) is 12.7. The number of fused-ring (bicyclic) bond motifs is 1. The summed E-state index contributed by atoms with van der Waals surface area (Å²) in [4.78, 5) is 15.7. The van der Waals surface area contributed by atoms with E-state index in [0.29, 0.717) is 5.92 Å². The van der Waals surface area contributed by atoms with Gasteiger partial charge in [0, 0.05) is 38.0 Å². The number of nitrogens with one attached hydrogen (secondary N) is 1. The Morgan fingerprint density at radius 3 is 2.73 bits per heavy atom. The Morgan fingerprint density at radius 2 is 1.92 bits per heavy atom. The van der Waals surface area contributed by atoms with Crippen LogP contribution in [0.3, 0.4) is 0 Å². The smallest absolute Gasteiger partial charge is 0.227 e. The molecule has 1 saturated heterocycles. The molecule has 6 nitrogen and oxygen atoms in total. The molecular formula is C20H27N5O. The van der Waals surface area contributed by atoms with Gasteiger partial charge in [0.15, 0.2) is 0 Å². The van der Waals surface area contributed by atoms with E-state index in [9.17, 15) is 0 Å². The van der Waals surface area contributed by atoms with Gasteiger partial charge in [0.05, 0.1) is 24.9 Å². The summed E-state index contributed by atoms with van der Waals surface area (Å²) in [7, 11) is 4.00. The molecule has 2 atom stereocenters. The molecule has 0 unspecified atom stereocenters. The van der Waals surface area contributed by atoms with Crippen LogP contribution in [0.1, 0.15) is 29.7 Å². The number of nitrogens with zero attached hydrogens (tertiary/aromatic N) is 4. The molecule has 2 aromatic rings. The van der Waals surface area contributed by atoms with Gasteiger partial charge in [0.25, 0.3) is 0 Å². The van der Waals surface area contributed by atoms with E-state index >= 15 is 0 Å². The van der Waals surface area contributed by atoms with Crippen LogP contribution >= 0.6 is 0 Å². The van der Waals surface area contributed by atoms with Crippen LogP contribution in [0.15, 0.2) is 24.5 Å². The van der Waals surface area contributed by atoms with Gasteiger partial charge < -0.3 is 15.0 Å². The lowest BCUT2D eigenvalue weighted by molar-refractivity contribution is 0.185. The van der Waals surface area contributed by atoms with E-state index < -0.39 is 0 Å². The Labute approximate surface area is 155 Å². The third kappa shape index (κ3) is 3.65. The van der Waals surface area contributed by atoms with Crippen molar-refractivity contribution >= 4 is 11.8 Å². The number of rotatable bonds is 5. The molecule has 1 fully saturated rings. The third-order valence-electron chi connectivity index (χ3n) is 5.34. The molecule has 0 spiro atoms. The van der Waals surface area contributed by atoms with Gasteiger partial charge in [-0.15, -0.1) is 0 Å². The molecule has 0 radical (unpaired) electrons. The molecule has 6 heteroatoms. The van der Waals surface area contributed by atoms with Crippen LogP contribution < -0.4 is 10.2 Å². The lowest BCUT2D eigenvalue weighted by Crippen LogP contribution is -2.31. The van der Waals surface area contributed by atoms with Gasteiger partial charge in [-0.25, -0.2) is 4.98 Å². The van der Waals surface area contributed by atoms with Crippen molar-refractivity contribution in [3.63, 3.8) is 0 Å². The predicted octanol–water partition coefficient (Wildman–Crippen LogP) is 2.49. The summed E-state index contributed by atoms with van der Waals surface area (Å²) in [6.07, 6.45) is 9.26.